The van der Waals surface area contributed by atoms with Crippen molar-refractivity contribution in [3.63, 3.8) is 0 Å². The summed E-state index contributed by atoms with van der Waals surface area (Å²) in [6.07, 6.45) is 3.21. The van der Waals surface area contributed by atoms with Crippen LogP contribution in [-0.4, -0.2) is 10.7 Å². The predicted molar refractivity (Wildman–Crippen MR) is 98.3 cm³/mol. The molecule has 4 heteroatoms. The fraction of sp³-hybridized carbons (Fsp3) is 0. The Morgan fingerprint density at radius 3 is 2.00 bits per heavy atom. The van der Waals surface area contributed by atoms with Gasteiger partial charge < -0.3 is 0 Å². The topological polar surface area (TPSA) is 60.2 Å². The van der Waals surface area contributed by atoms with Gasteiger partial charge in [-0.25, -0.2) is 0 Å². The lowest BCUT2D eigenvalue weighted by atomic mass is 10.0. The Labute approximate surface area is 145 Å². The van der Waals surface area contributed by atoms with E-state index in [2.05, 4.69) is 0 Å². The Hall–Kier alpha value is -3.53. The van der Waals surface area contributed by atoms with Crippen LogP contribution in [0.1, 0.15) is 15.9 Å². The van der Waals surface area contributed by atoms with Crippen LogP contribution >= 0.6 is 0 Å². The van der Waals surface area contributed by atoms with E-state index >= 15 is 0 Å². The zero-order valence-electron chi connectivity index (χ0n) is 13.3. The van der Waals surface area contributed by atoms with E-state index in [1.165, 1.54) is 30.3 Å². The van der Waals surface area contributed by atoms with Crippen molar-refractivity contribution >= 4 is 17.5 Å². The summed E-state index contributed by atoms with van der Waals surface area (Å²) in [5.74, 6) is -0.193. The van der Waals surface area contributed by atoms with Crippen LogP contribution in [0.4, 0.5) is 5.69 Å². The number of non-ortho nitro benzene ring substituents is 1. The average molecular weight is 329 g/mol. The molecule has 3 rings (SSSR count). The van der Waals surface area contributed by atoms with Crippen molar-refractivity contribution in [3.8, 4) is 11.1 Å². The summed E-state index contributed by atoms with van der Waals surface area (Å²) in [7, 11) is 0. The van der Waals surface area contributed by atoms with E-state index in [9.17, 15) is 14.9 Å². The second kappa shape index (κ2) is 7.36. The van der Waals surface area contributed by atoms with E-state index in [1.54, 1.807) is 6.08 Å². The molecule has 0 aromatic heterocycles. The third-order valence-electron chi connectivity index (χ3n) is 3.81. The maximum absolute atomic E-state index is 12.1. The van der Waals surface area contributed by atoms with Gasteiger partial charge in [0.05, 0.1) is 4.92 Å². The van der Waals surface area contributed by atoms with Gasteiger partial charge in [-0.05, 0) is 34.9 Å². The van der Waals surface area contributed by atoms with Crippen LogP contribution in [0.2, 0.25) is 0 Å². The number of carbonyl (C=O) groups excluding carboxylic acids is 1. The van der Waals surface area contributed by atoms with Gasteiger partial charge in [-0.15, -0.1) is 0 Å². The number of nitro groups is 1. The molecule has 0 aliphatic carbocycles. The Kier molecular flexibility index (Phi) is 4.81. The minimum Gasteiger partial charge on any atom is -0.289 e. The van der Waals surface area contributed by atoms with E-state index in [0.29, 0.717) is 5.56 Å². The SMILES string of the molecule is O=C(/C=C/c1ccc(-c2ccccc2)cc1)c1ccc([N+](=O)[O-])cc1. The smallest absolute Gasteiger partial charge is 0.269 e. The van der Waals surface area contributed by atoms with Crippen molar-refractivity contribution in [2.24, 2.45) is 0 Å². The molecule has 25 heavy (non-hydrogen) atoms. The highest BCUT2D eigenvalue weighted by Crippen LogP contribution is 2.20. The molecule has 0 heterocycles. The van der Waals surface area contributed by atoms with Crippen LogP contribution in [-0.2, 0) is 0 Å². The maximum Gasteiger partial charge on any atom is 0.269 e. The largest absolute Gasteiger partial charge is 0.289 e. The van der Waals surface area contributed by atoms with E-state index in [0.717, 1.165) is 16.7 Å². The number of hydrogen-bond acceptors (Lipinski definition) is 3. The molecule has 0 spiro atoms. The summed E-state index contributed by atoms with van der Waals surface area (Å²) in [4.78, 5) is 22.3. The first kappa shape index (κ1) is 16.3. The first-order valence-electron chi connectivity index (χ1n) is 7.76. The van der Waals surface area contributed by atoms with Crippen LogP contribution in [0.3, 0.4) is 0 Å². The molecule has 0 unspecified atom stereocenters. The highest BCUT2D eigenvalue weighted by molar-refractivity contribution is 6.06. The molecule has 122 valence electrons. The van der Waals surface area contributed by atoms with E-state index in [-0.39, 0.29) is 11.5 Å². The number of carbonyl (C=O) groups is 1. The van der Waals surface area contributed by atoms with Crippen LogP contribution in [0, 0.1) is 10.1 Å². The monoisotopic (exact) mass is 329 g/mol. The summed E-state index contributed by atoms with van der Waals surface area (Å²) in [6.45, 7) is 0. The third kappa shape index (κ3) is 4.06. The lowest BCUT2D eigenvalue weighted by molar-refractivity contribution is -0.384. The minimum atomic E-state index is -0.488. The van der Waals surface area contributed by atoms with Crippen molar-refractivity contribution in [2.75, 3.05) is 0 Å². The van der Waals surface area contributed by atoms with Gasteiger partial charge in [-0.1, -0.05) is 60.7 Å². The summed E-state index contributed by atoms with van der Waals surface area (Å²) >= 11 is 0. The summed E-state index contributed by atoms with van der Waals surface area (Å²) < 4.78 is 0. The molecule has 3 aromatic rings. The van der Waals surface area contributed by atoms with Gasteiger partial charge in [0.1, 0.15) is 0 Å². The molecule has 0 bridgehead atoms. The Bertz CT molecular complexity index is 912. The van der Waals surface area contributed by atoms with Gasteiger partial charge >= 0.3 is 0 Å². The normalized spacial score (nSPS) is 10.7. The van der Waals surface area contributed by atoms with Gasteiger partial charge in [-0.3, -0.25) is 14.9 Å². The van der Waals surface area contributed by atoms with E-state index in [1.807, 2.05) is 54.6 Å². The molecule has 0 aliphatic heterocycles. The molecule has 4 nitrogen and oxygen atoms in total. The van der Waals surface area contributed by atoms with Crippen LogP contribution in [0.5, 0.6) is 0 Å². The first-order valence-corrected chi connectivity index (χ1v) is 7.76. The van der Waals surface area contributed by atoms with E-state index < -0.39 is 4.92 Å². The van der Waals surface area contributed by atoms with Gasteiger partial charge in [0.2, 0.25) is 0 Å². The molecule has 0 fully saturated rings. The fourth-order valence-electron chi connectivity index (χ4n) is 2.43. The Morgan fingerprint density at radius 1 is 0.800 bits per heavy atom. The van der Waals surface area contributed by atoms with Crippen molar-refractivity contribution in [1.29, 1.82) is 0 Å². The van der Waals surface area contributed by atoms with Crippen molar-refractivity contribution in [1.82, 2.24) is 0 Å². The molecule has 0 aliphatic rings. The number of allylic oxidation sites excluding steroid dienone is 1. The second-order valence-corrected chi connectivity index (χ2v) is 5.49. The maximum atomic E-state index is 12.1. The Morgan fingerprint density at radius 2 is 1.40 bits per heavy atom. The lowest BCUT2D eigenvalue weighted by Gasteiger charge is -2.02. The minimum absolute atomic E-state index is 0.0305. The summed E-state index contributed by atoms with van der Waals surface area (Å²) in [5.41, 5.74) is 3.55. The number of nitro benzene ring substituents is 1. The standard InChI is InChI=1S/C21H15NO3/c23-21(19-11-13-20(14-12-19)22(24)25)15-8-16-6-9-18(10-7-16)17-4-2-1-3-5-17/h1-15H/b15-8+. The number of ketones is 1. The second-order valence-electron chi connectivity index (χ2n) is 5.49. The highest BCUT2D eigenvalue weighted by Gasteiger charge is 2.07. The van der Waals surface area contributed by atoms with Crippen molar-refractivity contribution in [3.05, 3.63) is 106 Å². The number of hydrogen-bond donors (Lipinski definition) is 0. The molecule has 0 saturated heterocycles. The van der Waals surface area contributed by atoms with Gasteiger partial charge in [0.15, 0.2) is 5.78 Å². The van der Waals surface area contributed by atoms with Crippen molar-refractivity contribution in [2.45, 2.75) is 0 Å². The molecule has 0 saturated carbocycles. The van der Waals surface area contributed by atoms with Crippen LogP contribution in [0.25, 0.3) is 17.2 Å². The molecular weight excluding hydrogens is 314 g/mol. The molecular formula is C21H15NO3. The molecule has 3 aromatic carbocycles. The molecule has 0 amide bonds. The molecule has 0 N–H and O–H groups in total. The first-order chi connectivity index (χ1) is 12.1. The van der Waals surface area contributed by atoms with Crippen molar-refractivity contribution < 1.29 is 9.72 Å². The Balaban J connectivity index is 1.71. The summed E-state index contributed by atoms with van der Waals surface area (Å²) in [6, 6.07) is 23.5. The van der Waals surface area contributed by atoms with Crippen LogP contribution < -0.4 is 0 Å². The summed E-state index contributed by atoms with van der Waals surface area (Å²) in [5, 5.41) is 10.6. The van der Waals surface area contributed by atoms with Gasteiger partial charge in [0, 0.05) is 17.7 Å². The average Bonchev–Trinajstić information content (AvgIpc) is 2.67. The zero-order valence-corrected chi connectivity index (χ0v) is 13.3. The fourth-order valence-corrected chi connectivity index (χ4v) is 2.43. The molecule has 0 atom stereocenters. The van der Waals surface area contributed by atoms with E-state index in [4.69, 9.17) is 0 Å². The zero-order chi connectivity index (χ0) is 17.6. The van der Waals surface area contributed by atoms with Crippen LogP contribution in [0.15, 0.2) is 84.9 Å². The highest BCUT2D eigenvalue weighted by atomic mass is 16.6. The predicted octanol–water partition coefficient (Wildman–Crippen LogP) is 5.16. The van der Waals surface area contributed by atoms with Gasteiger partial charge in [0.25, 0.3) is 5.69 Å². The molecule has 0 radical (unpaired) electrons. The number of rotatable bonds is 5. The lowest BCUT2D eigenvalue weighted by Crippen LogP contribution is -1.95. The quantitative estimate of drug-likeness (QED) is 0.281. The third-order valence-corrected chi connectivity index (χ3v) is 3.81. The number of nitrogens with zero attached hydrogens (tertiary/aromatic N) is 1. The van der Waals surface area contributed by atoms with Gasteiger partial charge in [-0.2, -0.15) is 0 Å². The number of benzene rings is 3.